The van der Waals surface area contributed by atoms with Crippen LogP contribution in [0.1, 0.15) is 34.1 Å². The van der Waals surface area contributed by atoms with Crippen LogP contribution in [0.5, 0.6) is 0 Å². The molecular weight excluding hydrogens is 272 g/mol. The van der Waals surface area contributed by atoms with Crippen molar-refractivity contribution in [1.29, 1.82) is 0 Å². The molecule has 0 bridgehead atoms. The van der Waals surface area contributed by atoms with Crippen molar-refractivity contribution in [3.63, 3.8) is 0 Å². The summed E-state index contributed by atoms with van der Waals surface area (Å²) in [6.07, 6.45) is 1.05. The van der Waals surface area contributed by atoms with E-state index in [0.29, 0.717) is 0 Å². The smallest absolute Gasteiger partial charge is 0.261 e. The summed E-state index contributed by atoms with van der Waals surface area (Å²) in [5.41, 5.74) is 0. The highest BCUT2D eigenvalue weighted by atomic mass is 28.4. The van der Waals surface area contributed by atoms with Crippen molar-refractivity contribution in [3.05, 3.63) is 60.7 Å². The average molecular weight is 299 g/mol. The highest BCUT2D eigenvalue weighted by molar-refractivity contribution is 6.99. The van der Waals surface area contributed by atoms with Gasteiger partial charge in [-0.1, -0.05) is 88.4 Å². The van der Waals surface area contributed by atoms with Gasteiger partial charge in [-0.2, -0.15) is 0 Å². The Kier molecular flexibility index (Phi) is 5.02. The van der Waals surface area contributed by atoms with Gasteiger partial charge in [0.2, 0.25) is 0 Å². The third-order valence-corrected chi connectivity index (χ3v) is 8.98. The van der Waals surface area contributed by atoms with Crippen LogP contribution in [0.4, 0.5) is 0 Å². The van der Waals surface area contributed by atoms with Crippen molar-refractivity contribution in [2.45, 2.75) is 39.2 Å². The van der Waals surface area contributed by atoms with Gasteiger partial charge in [0.05, 0.1) is 0 Å². The van der Waals surface area contributed by atoms with E-state index in [-0.39, 0.29) is 5.04 Å². The molecule has 0 aliphatic carbocycles. The van der Waals surface area contributed by atoms with Gasteiger partial charge in [0.25, 0.3) is 8.32 Å². The third kappa shape index (κ3) is 3.12. The Bertz CT molecular complexity index is 503. The maximum Gasteiger partial charge on any atom is 0.261 e. The highest BCUT2D eigenvalue weighted by Gasteiger charge is 2.49. The molecule has 2 aromatic rings. The quantitative estimate of drug-likeness (QED) is 0.759. The normalized spacial score (nSPS) is 12.4. The minimum absolute atomic E-state index is 0.0882. The molecule has 1 nitrogen and oxygen atoms in total. The molecule has 0 N–H and O–H groups in total. The third-order valence-electron chi connectivity index (χ3n) is 3.94. The SMILES string of the molecule is CCCO[Si](c1ccccc1)(c1ccccc1)C(C)(C)C. The van der Waals surface area contributed by atoms with E-state index >= 15 is 0 Å². The molecule has 0 unspecified atom stereocenters. The molecule has 21 heavy (non-hydrogen) atoms. The Morgan fingerprint density at radius 2 is 1.24 bits per heavy atom. The second-order valence-corrected chi connectivity index (χ2v) is 10.8. The zero-order valence-corrected chi connectivity index (χ0v) is 14.6. The summed E-state index contributed by atoms with van der Waals surface area (Å²) in [4.78, 5) is 0. The Balaban J connectivity index is 2.66. The van der Waals surface area contributed by atoms with Crippen LogP contribution in [0.2, 0.25) is 5.04 Å². The van der Waals surface area contributed by atoms with Crippen LogP contribution in [0, 0.1) is 0 Å². The van der Waals surface area contributed by atoms with E-state index < -0.39 is 8.32 Å². The van der Waals surface area contributed by atoms with Gasteiger partial charge in [-0.3, -0.25) is 0 Å². The molecule has 0 radical (unpaired) electrons. The van der Waals surface area contributed by atoms with E-state index in [9.17, 15) is 0 Å². The molecule has 112 valence electrons. The van der Waals surface area contributed by atoms with Crippen LogP contribution in [0.3, 0.4) is 0 Å². The maximum atomic E-state index is 6.65. The minimum atomic E-state index is -2.27. The second-order valence-electron chi connectivity index (χ2n) is 6.51. The largest absolute Gasteiger partial charge is 0.407 e. The zero-order chi connectivity index (χ0) is 15.3. The molecule has 0 aliphatic heterocycles. The van der Waals surface area contributed by atoms with Crippen molar-refractivity contribution < 1.29 is 4.43 Å². The number of hydrogen-bond donors (Lipinski definition) is 0. The van der Waals surface area contributed by atoms with Gasteiger partial charge in [-0.15, -0.1) is 0 Å². The van der Waals surface area contributed by atoms with Crippen LogP contribution in [0.25, 0.3) is 0 Å². The monoisotopic (exact) mass is 298 g/mol. The first kappa shape index (κ1) is 16.0. The molecule has 0 saturated carbocycles. The van der Waals surface area contributed by atoms with Crippen molar-refractivity contribution in [2.75, 3.05) is 6.61 Å². The van der Waals surface area contributed by atoms with E-state index in [0.717, 1.165) is 13.0 Å². The van der Waals surface area contributed by atoms with Crippen LogP contribution >= 0.6 is 0 Å². The lowest BCUT2D eigenvalue weighted by atomic mass is 10.2. The minimum Gasteiger partial charge on any atom is -0.407 e. The Morgan fingerprint density at radius 1 is 0.810 bits per heavy atom. The van der Waals surface area contributed by atoms with Gasteiger partial charge in [0.1, 0.15) is 0 Å². The van der Waals surface area contributed by atoms with Crippen molar-refractivity contribution in [3.8, 4) is 0 Å². The van der Waals surface area contributed by atoms with Gasteiger partial charge in [-0.05, 0) is 21.8 Å². The van der Waals surface area contributed by atoms with Crippen LogP contribution in [0.15, 0.2) is 60.7 Å². The molecule has 0 spiro atoms. The van der Waals surface area contributed by atoms with Gasteiger partial charge in [0, 0.05) is 6.61 Å². The molecular formula is C19H26OSi. The fourth-order valence-corrected chi connectivity index (χ4v) is 7.68. The lowest BCUT2D eigenvalue weighted by Gasteiger charge is -2.43. The van der Waals surface area contributed by atoms with E-state index in [1.807, 2.05) is 0 Å². The summed E-state index contributed by atoms with van der Waals surface area (Å²) in [5.74, 6) is 0. The van der Waals surface area contributed by atoms with Gasteiger partial charge < -0.3 is 4.43 Å². The second kappa shape index (κ2) is 6.59. The van der Waals surface area contributed by atoms with Crippen molar-refractivity contribution in [2.24, 2.45) is 0 Å². The highest BCUT2D eigenvalue weighted by Crippen LogP contribution is 2.36. The predicted octanol–water partition coefficient (Wildman–Crippen LogP) is 3.97. The van der Waals surface area contributed by atoms with Gasteiger partial charge >= 0.3 is 0 Å². The number of hydrogen-bond acceptors (Lipinski definition) is 1. The Morgan fingerprint density at radius 3 is 1.57 bits per heavy atom. The molecule has 0 saturated heterocycles. The summed E-state index contributed by atoms with van der Waals surface area (Å²) in [6.45, 7) is 9.93. The molecule has 0 amide bonds. The van der Waals surface area contributed by atoms with Crippen LogP contribution < -0.4 is 10.4 Å². The maximum absolute atomic E-state index is 6.65. The first-order valence-corrected chi connectivity index (χ1v) is 9.68. The topological polar surface area (TPSA) is 9.23 Å². The number of benzene rings is 2. The first-order valence-electron chi connectivity index (χ1n) is 7.77. The lowest BCUT2D eigenvalue weighted by Crippen LogP contribution is -2.66. The Labute approximate surface area is 130 Å². The van der Waals surface area contributed by atoms with E-state index in [2.05, 4.69) is 88.4 Å². The average Bonchev–Trinajstić information content (AvgIpc) is 2.49. The van der Waals surface area contributed by atoms with Crippen molar-refractivity contribution in [1.82, 2.24) is 0 Å². The lowest BCUT2D eigenvalue weighted by molar-refractivity contribution is 0.298. The molecule has 0 fully saturated rings. The van der Waals surface area contributed by atoms with Crippen LogP contribution in [-0.2, 0) is 4.43 Å². The number of rotatable bonds is 5. The molecule has 0 aliphatic rings. The van der Waals surface area contributed by atoms with Gasteiger partial charge in [-0.25, -0.2) is 0 Å². The summed E-state index contributed by atoms with van der Waals surface area (Å²) < 4.78 is 6.65. The van der Waals surface area contributed by atoms with Crippen molar-refractivity contribution >= 4 is 18.7 Å². The summed E-state index contributed by atoms with van der Waals surface area (Å²) >= 11 is 0. The molecule has 2 aromatic carbocycles. The fraction of sp³-hybridized carbons (Fsp3) is 0.368. The van der Waals surface area contributed by atoms with E-state index in [4.69, 9.17) is 4.43 Å². The molecule has 0 atom stereocenters. The van der Waals surface area contributed by atoms with Gasteiger partial charge in [0.15, 0.2) is 0 Å². The molecule has 2 heteroatoms. The standard InChI is InChI=1S/C19H26OSi/c1-5-16-20-21(19(2,3)4,17-12-8-6-9-13-17)18-14-10-7-11-15-18/h6-15H,5,16H2,1-4H3. The molecule has 2 rings (SSSR count). The summed E-state index contributed by atoms with van der Waals surface area (Å²) in [6, 6.07) is 21.6. The van der Waals surface area contributed by atoms with E-state index in [1.54, 1.807) is 0 Å². The summed E-state index contributed by atoms with van der Waals surface area (Å²) in [5, 5.41) is 2.81. The predicted molar refractivity (Wildman–Crippen MR) is 93.9 cm³/mol. The molecule has 0 aromatic heterocycles. The van der Waals surface area contributed by atoms with E-state index in [1.165, 1.54) is 10.4 Å². The Hall–Kier alpha value is -1.38. The molecule has 0 heterocycles. The fourth-order valence-electron chi connectivity index (χ4n) is 3.02. The zero-order valence-electron chi connectivity index (χ0n) is 13.6. The first-order chi connectivity index (χ1) is 10.0. The van der Waals surface area contributed by atoms with Crippen LogP contribution in [-0.4, -0.2) is 14.9 Å². The summed E-state index contributed by atoms with van der Waals surface area (Å²) in [7, 11) is -2.27.